The standard InChI is InChI=1S/C35H27.C2H7Si.2ClH.Zr/c1-2-9-27-22-33-29(26-19-18-23-10-3-4-11-24(23)20-26)14-7-16-31(33)35(27)32-17-8-15-30-28-13-6-5-12-25(28)21-34(30)32;1-3-2;;;/h3-8,10-16,18-20,22,35H,2,9,21H2,1H3;3H,1-2H3;2*1H;/q-1;;;;+3/p-2. The molecule has 0 spiro atoms. The Morgan fingerprint density at radius 1 is 0.780 bits per heavy atom. The summed E-state index contributed by atoms with van der Waals surface area (Å²) in [6.45, 7) is 6.71. The summed E-state index contributed by atoms with van der Waals surface area (Å²) in [4.78, 5) is 0. The van der Waals surface area contributed by atoms with E-state index in [2.05, 4.69) is 129 Å². The SMILES string of the molecule is CCCC1=Cc2c(-c3ccc4ccccc4c3)cccc2C1c1[c-]ccc2c1Cc1ccccc1-2.C[SiH]C.[Cl-].[Cl-].[Zr+3]. The third kappa shape index (κ3) is 6.28. The molecule has 0 N–H and O–H groups in total. The van der Waals surface area contributed by atoms with Gasteiger partial charge in [0, 0.05) is 15.4 Å². The first-order valence-corrected chi connectivity index (χ1v) is 16.2. The summed E-state index contributed by atoms with van der Waals surface area (Å²) < 4.78 is 0. The average Bonchev–Trinajstić information content (AvgIpc) is 3.51. The quantitative estimate of drug-likeness (QED) is 0.199. The van der Waals surface area contributed by atoms with E-state index in [1.54, 1.807) is 0 Å². The number of hydrogen-bond donors (Lipinski definition) is 0. The molecule has 0 saturated heterocycles. The predicted octanol–water partition coefficient (Wildman–Crippen LogP) is 3.73. The fourth-order valence-electron chi connectivity index (χ4n) is 6.29. The summed E-state index contributed by atoms with van der Waals surface area (Å²) in [6, 6.07) is 39.4. The first-order chi connectivity index (χ1) is 18.7. The van der Waals surface area contributed by atoms with Gasteiger partial charge in [0.15, 0.2) is 0 Å². The smallest absolute Gasteiger partial charge is 1.00 e. The molecule has 0 saturated carbocycles. The number of allylic oxidation sites excluding steroid dienone is 1. The molecular weight excluding hydrogens is 635 g/mol. The maximum absolute atomic E-state index is 3.72. The Balaban J connectivity index is 0.000000740. The van der Waals surface area contributed by atoms with E-state index in [4.69, 9.17) is 0 Å². The zero-order chi connectivity index (χ0) is 26.1. The van der Waals surface area contributed by atoms with E-state index in [0.717, 1.165) is 28.8 Å². The van der Waals surface area contributed by atoms with E-state index in [1.807, 2.05) is 0 Å². The maximum Gasteiger partial charge on any atom is 3.00 e. The van der Waals surface area contributed by atoms with Crippen molar-refractivity contribution in [2.24, 2.45) is 0 Å². The van der Waals surface area contributed by atoms with E-state index in [1.165, 1.54) is 66.4 Å². The van der Waals surface area contributed by atoms with Gasteiger partial charge in [-0.1, -0.05) is 117 Å². The third-order valence-corrected chi connectivity index (χ3v) is 7.85. The van der Waals surface area contributed by atoms with Crippen LogP contribution in [0.15, 0.2) is 103 Å². The van der Waals surface area contributed by atoms with Crippen molar-refractivity contribution < 1.29 is 51.0 Å². The van der Waals surface area contributed by atoms with Crippen LogP contribution in [0, 0.1) is 6.07 Å². The van der Waals surface area contributed by atoms with Gasteiger partial charge in [0.2, 0.25) is 0 Å². The van der Waals surface area contributed by atoms with Gasteiger partial charge in [0.05, 0.1) is 0 Å². The summed E-state index contributed by atoms with van der Waals surface area (Å²) in [5, 5.41) is 2.58. The Morgan fingerprint density at radius 3 is 2.27 bits per heavy atom. The monoisotopic (exact) mass is 666 g/mol. The summed E-state index contributed by atoms with van der Waals surface area (Å²) in [5.41, 5.74) is 14.0. The van der Waals surface area contributed by atoms with Crippen molar-refractivity contribution in [1.29, 1.82) is 0 Å². The summed E-state index contributed by atoms with van der Waals surface area (Å²) in [5.74, 6) is 0.287. The van der Waals surface area contributed by atoms with Crippen LogP contribution in [0.1, 0.15) is 53.5 Å². The minimum Gasteiger partial charge on any atom is -1.00 e. The van der Waals surface area contributed by atoms with Crippen molar-refractivity contribution in [2.75, 3.05) is 0 Å². The maximum atomic E-state index is 3.72. The molecular formula is C37H34Cl2SiZr. The van der Waals surface area contributed by atoms with Crippen LogP contribution in [0.3, 0.4) is 0 Å². The van der Waals surface area contributed by atoms with Crippen molar-refractivity contribution in [3.05, 3.63) is 137 Å². The second kappa shape index (κ2) is 14.8. The molecule has 2 aliphatic carbocycles. The van der Waals surface area contributed by atoms with Crippen LogP contribution in [0.25, 0.3) is 39.1 Å². The van der Waals surface area contributed by atoms with Crippen LogP contribution in [0.4, 0.5) is 0 Å². The molecule has 0 nitrogen and oxygen atoms in total. The molecule has 0 fully saturated rings. The molecule has 4 heteroatoms. The minimum atomic E-state index is 0. The van der Waals surface area contributed by atoms with Crippen molar-refractivity contribution in [3.8, 4) is 22.3 Å². The average molecular weight is 669 g/mol. The van der Waals surface area contributed by atoms with E-state index in [9.17, 15) is 0 Å². The zero-order valence-electron chi connectivity index (χ0n) is 23.8. The number of fused-ring (bicyclic) bond motifs is 5. The fraction of sp³-hybridized carbons (Fsp3) is 0.189. The molecule has 2 radical (unpaired) electrons. The van der Waals surface area contributed by atoms with Gasteiger partial charge in [-0.25, -0.2) is 0 Å². The van der Waals surface area contributed by atoms with Gasteiger partial charge in [-0.05, 0) is 63.1 Å². The van der Waals surface area contributed by atoms with Crippen molar-refractivity contribution in [3.63, 3.8) is 0 Å². The number of hydrogen-bond acceptors (Lipinski definition) is 0. The molecule has 1 atom stereocenters. The predicted molar refractivity (Wildman–Crippen MR) is 167 cm³/mol. The molecule has 204 valence electrons. The molecule has 7 rings (SSSR count). The van der Waals surface area contributed by atoms with Gasteiger partial charge in [0.1, 0.15) is 0 Å². The normalized spacial score (nSPS) is 13.7. The van der Waals surface area contributed by atoms with E-state index < -0.39 is 0 Å². The van der Waals surface area contributed by atoms with Gasteiger partial charge < -0.3 is 24.8 Å². The molecule has 41 heavy (non-hydrogen) atoms. The van der Waals surface area contributed by atoms with Crippen molar-refractivity contribution >= 4 is 26.4 Å². The molecule has 0 heterocycles. The van der Waals surface area contributed by atoms with Crippen LogP contribution in [0.5, 0.6) is 0 Å². The number of rotatable bonds is 4. The molecule has 5 aromatic carbocycles. The van der Waals surface area contributed by atoms with Gasteiger partial charge in [0.25, 0.3) is 0 Å². The Morgan fingerprint density at radius 2 is 1.49 bits per heavy atom. The number of halogens is 2. The second-order valence-electron chi connectivity index (χ2n) is 10.5. The fourth-order valence-corrected chi connectivity index (χ4v) is 6.29. The van der Waals surface area contributed by atoms with Crippen LogP contribution in [-0.2, 0) is 32.6 Å². The zero-order valence-corrected chi connectivity index (χ0v) is 29.0. The van der Waals surface area contributed by atoms with Gasteiger partial charge >= 0.3 is 26.2 Å². The Labute approximate surface area is 279 Å². The molecule has 0 amide bonds. The molecule has 2 aliphatic rings. The van der Waals surface area contributed by atoms with Crippen LogP contribution < -0.4 is 24.8 Å². The van der Waals surface area contributed by atoms with Crippen molar-refractivity contribution in [2.45, 2.75) is 45.2 Å². The minimum absolute atomic E-state index is 0. The largest absolute Gasteiger partial charge is 3.00 e. The van der Waals surface area contributed by atoms with E-state index >= 15 is 0 Å². The third-order valence-electron chi connectivity index (χ3n) is 7.85. The summed E-state index contributed by atoms with van der Waals surface area (Å²) in [7, 11) is 0.750. The molecule has 0 aromatic heterocycles. The van der Waals surface area contributed by atoms with Crippen molar-refractivity contribution in [1.82, 2.24) is 0 Å². The first kappa shape index (κ1) is 33.3. The topological polar surface area (TPSA) is 0 Å². The van der Waals surface area contributed by atoms with E-state index in [-0.39, 0.29) is 56.9 Å². The summed E-state index contributed by atoms with van der Waals surface area (Å²) in [6.07, 6.45) is 5.76. The van der Waals surface area contributed by atoms with Gasteiger partial charge in [-0.3, -0.25) is 0 Å². The van der Waals surface area contributed by atoms with Crippen LogP contribution >= 0.6 is 0 Å². The molecule has 0 aliphatic heterocycles. The van der Waals surface area contributed by atoms with Gasteiger partial charge in [-0.2, -0.15) is 18.2 Å². The second-order valence-corrected chi connectivity index (χ2v) is 11.6. The molecule has 5 aromatic rings. The number of benzene rings is 5. The first-order valence-electron chi connectivity index (χ1n) is 13.9. The van der Waals surface area contributed by atoms with Crippen LogP contribution in [0.2, 0.25) is 13.1 Å². The Bertz CT molecular complexity index is 1670. The molecule has 1 unspecified atom stereocenters. The Hall–Kier alpha value is -2.22. The Kier molecular flexibility index (Phi) is 12.0. The van der Waals surface area contributed by atoms with Gasteiger partial charge in [-0.15, -0.1) is 16.7 Å². The van der Waals surface area contributed by atoms with Crippen LogP contribution in [-0.4, -0.2) is 9.52 Å². The van der Waals surface area contributed by atoms with E-state index in [0.29, 0.717) is 0 Å². The molecule has 0 bridgehead atoms. The summed E-state index contributed by atoms with van der Waals surface area (Å²) >= 11 is 0.